The summed E-state index contributed by atoms with van der Waals surface area (Å²) in [5.74, 6) is 1.84. The molecule has 0 bridgehead atoms. The van der Waals surface area contributed by atoms with Crippen LogP contribution in [0.4, 0.5) is 5.88 Å². The number of rotatable bonds is 4. The molecule has 0 fully saturated rings. The zero-order valence-electron chi connectivity index (χ0n) is 22.4. The van der Waals surface area contributed by atoms with Crippen molar-refractivity contribution in [2.24, 2.45) is 9.98 Å². The number of nitrogens with two attached hydrogens (primary N) is 1. The molecule has 41 heavy (non-hydrogen) atoms. The topological polar surface area (TPSA) is 75.9 Å². The summed E-state index contributed by atoms with van der Waals surface area (Å²) >= 11 is 0. The number of aliphatic imine (C=N–C) groups is 2. The lowest BCUT2D eigenvalue weighted by Gasteiger charge is -2.24. The number of nitrogens with zero attached hydrogens (tertiary/aromatic N) is 2. The molecule has 8 rings (SSSR count). The zero-order chi connectivity index (χ0) is 27.5. The fraction of sp³-hybridized carbons (Fsp3) is 0.0556. The Morgan fingerprint density at radius 2 is 1.54 bits per heavy atom. The van der Waals surface area contributed by atoms with Crippen LogP contribution in [0.5, 0.6) is 0 Å². The number of nitrogen functional groups attached to an aromatic ring is 1. The Kier molecular flexibility index (Phi) is 5.19. The van der Waals surface area contributed by atoms with E-state index < -0.39 is 6.17 Å². The normalized spacial score (nSPS) is 15.9. The smallest absolute Gasteiger partial charge is 0.199 e. The van der Waals surface area contributed by atoms with Crippen molar-refractivity contribution in [3.05, 3.63) is 132 Å². The van der Waals surface area contributed by atoms with Crippen molar-refractivity contribution in [1.29, 1.82) is 0 Å². The third-order valence-corrected chi connectivity index (χ3v) is 8.05. The number of allylic oxidation sites excluding steroid dienone is 1. The van der Waals surface area contributed by atoms with Crippen molar-refractivity contribution in [3.8, 4) is 22.3 Å². The molecular formula is C36H26N4O. The molecule has 1 aromatic heterocycles. The van der Waals surface area contributed by atoms with Crippen molar-refractivity contribution in [3.63, 3.8) is 0 Å². The van der Waals surface area contributed by atoms with Gasteiger partial charge in [0.1, 0.15) is 17.3 Å². The van der Waals surface area contributed by atoms with Crippen molar-refractivity contribution in [2.75, 3.05) is 5.73 Å². The summed E-state index contributed by atoms with van der Waals surface area (Å²) in [4.78, 5) is 10.2. The van der Waals surface area contributed by atoms with Crippen molar-refractivity contribution in [1.82, 2.24) is 5.32 Å². The van der Waals surface area contributed by atoms with E-state index in [1.54, 1.807) is 0 Å². The third kappa shape index (κ3) is 3.63. The lowest BCUT2D eigenvalue weighted by Crippen LogP contribution is -2.36. The van der Waals surface area contributed by atoms with Crippen LogP contribution in [0.3, 0.4) is 0 Å². The minimum atomic E-state index is -0.411. The molecule has 0 saturated heterocycles. The maximum Gasteiger partial charge on any atom is 0.199 e. The first-order valence-electron chi connectivity index (χ1n) is 13.8. The lowest BCUT2D eigenvalue weighted by molar-refractivity contribution is 0.636. The van der Waals surface area contributed by atoms with Crippen molar-refractivity contribution >= 4 is 44.9 Å². The van der Waals surface area contributed by atoms with E-state index in [1.165, 1.54) is 33.0 Å². The number of nitrogens with one attached hydrogen (secondary N) is 1. The highest BCUT2D eigenvalue weighted by Crippen LogP contribution is 2.47. The van der Waals surface area contributed by atoms with Crippen molar-refractivity contribution in [2.45, 2.75) is 13.1 Å². The van der Waals surface area contributed by atoms with Crippen LogP contribution in [0.2, 0.25) is 0 Å². The quantitative estimate of drug-likeness (QED) is 0.240. The molecule has 0 radical (unpaired) electrons. The van der Waals surface area contributed by atoms with Crippen molar-refractivity contribution < 1.29 is 4.42 Å². The van der Waals surface area contributed by atoms with Gasteiger partial charge in [-0.2, -0.15) is 0 Å². The fourth-order valence-corrected chi connectivity index (χ4v) is 6.19. The summed E-state index contributed by atoms with van der Waals surface area (Å²) in [5, 5.41) is 7.09. The van der Waals surface area contributed by atoms with Crippen LogP contribution in [-0.4, -0.2) is 11.7 Å². The van der Waals surface area contributed by atoms with Gasteiger partial charge in [-0.15, -0.1) is 0 Å². The van der Waals surface area contributed by atoms with Crippen LogP contribution >= 0.6 is 0 Å². The van der Waals surface area contributed by atoms with E-state index in [1.807, 2.05) is 55.5 Å². The number of anilines is 1. The molecule has 5 aromatic carbocycles. The molecule has 2 heterocycles. The number of amidine groups is 2. The first kappa shape index (κ1) is 23.5. The molecule has 1 atom stereocenters. The number of para-hydroxylation sites is 1. The maximum absolute atomic E-state index is 6.45. The van der Waals surface area contributed by atoms with Gasteiger partial charge in [0.2, 0.25) is 0 Å². The Bertz CT molecular complexity index is 2090. The van der Waals surface area contributed by atoms with E-state index in [0.717, 1.165) is 39.1 Å². The van der Waals surface area contributed by atoms with Gasteiger partial charge in [-0.1, -0.05) is 103 Å². The molecule has 5 heteroatoms. The SMILES string of the molecule is C/C=C(/C1=NC(c2ccccc2)N=C(c2ccc3c(c2)-c2cccc4cccc-3c24)N1)c1c(N)oc2ccccc12. The van der Waals surface area contributed by atoms with Gasteiger partial charge in [-0.05, 0) is 57.6 Å². The predicted molar refractivity (Wildman–Crippen MR) is 169 cm³/mol. The Morgan fingerprint density at radius 1 is 0.780 bits per heavy atom. The second-order valence-electron chi connectivity index (χ2n) is 10.4. The van der Waals surface area contributed by atoms with Gasteiger partial charge < -0.3 is 15.5 Å². The molecule has 1 aliphatic heterocycles. The van der Waals surface area contributed by atoms with Crippen LogP contribution in [0.1, 0.15) is 29.8 Å². The highest BCUT2D eigenvalue weighted by molar-refractivity contribution is 6.32. The fourth-order valence-electron chi connectivity index (χ4n) is 6.19. The summed E-state index contributed by atoms with van der Waals surface area (Å²) in [6.07, 6.45) is 1.62. The number of benzene rings is 5. The largest absolute Gasteiger partial charge is 0.440 e. The number of hydrogen-bond donors (Lipinski definition) is 2. The predicted octanol–water partition coefficient (Wildman–Crippen LogP) is 8.37. The van der Waals surface area contributed by atoms with Gasteiger partial charge in [-0.3, -0.25) is 0 Å². The molecule has 1 unspecified atom stereocenters. The van der Waals surface area contributed by atoms with E-state index in [-0.39, 0.29) is 0 Å². The minimum Gasteiger partial charge on any atom is -0.440 e. The number of hydrogen-bond acceptors (Lipinski definition) is 5. The molecule has 0 amide bonds. The summed E-state index contributed by atoms with van der Waals surface area (Å²) in [7, 11) is 0. The average molecular weight is 531 g/mol. The number of fused-ring (bicyclic) bond motifs is 4. The highest BCUT2D eigenvalue weighted by Gasteiger charge is 2.27. The molecule has 2 aliphatic rings. The maximum atomic E-state index is 6.45. The van der Waals surface area contributed by atoms with Crippen LogP contribution < -0.4 is 11.1 Å². The van der Waals surface area contributed by atoms with E-state index in [4.69, 9.17) is 20.1 Å². The van der Waals surface area contributed by atoms with E-state index in [0.29, 0.717) is 11.7 Å². The van der Waals surface area contributed by atoms with Gasteiger partial charge in [0.15, 0.2) is 12.0 Å². The zero-order valence-corrected chi connectivity index (χ0v) is 22.4. The molecular weight excluding hydrogens is 504 g/mol. The van der Waals surface area contributed by atoms with Gasteiger partial charge in [0, 0.05) is 16.5 Å². The first-order chi connectivity index (χ1) is 20.2. The molecule has 196 valence electrons. The van der Waals surface area contributed by atoms with Gasteiger partial charge in [0.05, 0.1) is 5.56 Å². The Morgan fingerprint density at radius 3 is 2.34 bits per heavy atom. The van der Waals surface area contributed by atoms with Gasteiger partial charge in [0.25, 0.3) is 0 Å². The summed E-state index contributed by atoms with van der Waals surface area (Å²) in [6.45, 7) is 2.00. The molecule has 5 nitrogen and oxygen atoms in total. The van der Waals surface area contributed by atoms with Crippen LogP contribution in [-0.2, 0) is 0 Å². The molecule has 0 saturated carbocycles. The van der Waals surface area contributed by atoms with E-state index in [2.05, 4.69) is 72.0 Å². The average Bonchev–Trinajstić information content (AvgIpc) is 3.53. The minimum absolute atomic E-state index is 0.368. The Labute approximate surface area is 237 Å². The lowest BCUT2D eigenvalue weighted by atomic mass is 9.99. The monoisotopic (exact) mass is 530 g/mol. The van der Waals surface area contributed by atoms with Crippen LogP contribution in [0.15, 0.2) is 130 Å². The van der Waals surface area contributed by atoms with E-state index in [9.17, 15) is 0 Å². The number of furan rings is 1. The first-order valence-corrected chi connectivity index (χ1v) is 13.8. The molecule has 0 spiro atoms. The standard InChI is InChI=1S/C36H26N4O/c1-2-24(32-28-14-6-7-17-30(28)41-33(32)37)36-39-34(22-10-4-3-5-11-22)38-35(40-36)23-18-19-25-26-15-8-12-21-13-9-16-27(31(21)26)29(25)20-23/h2-20,34H,37H2,1H3,(H,38,39,40)/b24-2+. The molecule has 1 aliphatic carbocycles. The highest BCUT2D eigenvalue weighted by atomic mass is 16.3. The summed E-state index contributed by atoms with van der Waals surface area (Å²) in [6, 6.07) is 37.7. The summed E-state index contributed by atoms with van der Waals surface area (Å²) < 4.78 is 5.93. The second kappa shape index (κ2) is 9.07. The second-order valence-corrected chi connectivity index (χ2v) is 10.4. The van der Waals surface area contributed by atoms with Gasteiger partial charge in [-0.25, -0.2) is 9.98 Å². The van der Waals surface area contributed by atoms with Gasteiger partial charge >= 0.3 is 0 Å². The Hall–Kier alpha value is -5.42. The van der Waals surface area contributed by atoms with E-state index >= 15 is 0 Å². The molecule has 6 aromatic rings. The Balaban J connectivity index is 1.27. The van der Waals surface area contributed by atoms with Crippen LogP contribution in [0.25, 0.3) is 49.6 Å². The third-order valence-electron chi connectivity index (χ3n) is 8.05. The van der Waals surface area contributed by atoms with Crippen LogP contribution in [0, 0.1) is 0 Å². The molecule has 3 N–H and O–H groups in total. The summed E-state index contributed by atoms with van der Waals surface area (Å²) in [5.41, 5.74) is 15.9.